The molecule has 1 aliphatic carbocycles. The van der Waals surface area contributed by atoms with Gasteiger partial charge in [0, 0.05) is 24.5 Å². The fourth-order valence-corrected chi connectivity index (χ4v) is 2.76. The minimum atomic E-state index is 0. The molecule has 0 spiro atoms. The van der Waals surface area contributed by atoms with Crippen LogP contribution in [0.15, 0.2) is 53.5 Å². The number of nitrogens with zero attached hydrogens (tertiary/aromatic N) is 2. The first kappa shape index (κ1) is 19.5. The Kier molecular flexibility index (Phi) is 7.97. The van der Waals surface area contributed by atoms with Gasteiger partial charge in [-0.1, -0.05) is 30.4 Å². The molecule has 0 amide bonds. The van der Waals surface area contributed by atoms with Gasteiger partial charge in [-0.3, -0.25) is 4.99 Å². The average molecular weight is 451 g/mol. The molecule has 1 aromatic carbocycles. The van der Waals surface area contributed by atoms with Crippen LogP contribution in [0.25, 0.3) is 10.9 Å². The maximum atomic E-state index is 4.63. The van der Waals surface area contributed by atoms with Gasteiger partial charge in [-0.15, -0.1) is 24.0 Å². The Morgan fingerprint density at radius 2 is 1.96 bits per heavy atom. The summed E-state index contributed by atoms with van der Waals surface area (Å²) in [5.41, 5.74) is 1.01. The van der Waals surface area contributed by atoms with E-state index in [4.69, 9.17) is 0 Å². The zero-order valence-corrected chi connectivity index (χ0v) is 16.9. The maximum absolute atomic E-state index is 4.63. The third-order valence-corrected chi connectivity index (χ3v) is 3.98. The van der Waals surface area contributed by atoms with Gasteiger partial charge in [-0.25, -0.2) is 4.98 Å². The summed E-state index contributed by atoms with van der Waals surface area (Å²) in [6, 6.07) is 12.7. The molecule has 1 aromatic heterocycles. The monoisotopic (exact) mass is 451 g/mol. The number of hydrogen-bond donors (Lipinski definition) is 3. The Balaban J connectivity index is 0.00000225. The molecule has 0 fully saturated rings. The molecule has 134 valence electrons. The normalized spacial score (nSPS) is 14.4. The summed E-state index contributed by atoms with van der Waals surface area (Å²) >= 11 is 0. The minimum absolute atomic E-state index is 0. The molecule has 5 nitrogen and oxygen atoms in total. The van der Waals surface area contributed by atoms with Gasteiger partial charge in [0.2, 0.25) is 0 Å². The fraction of sp³-hybridized carbons (Fsp3) is 0.368. The smallest absolute Gasteiger partial charge is 0.191 e. The highest BCUT2D eigenvalue weighted by atomic mass is 127. The first-order valence-corrected chi connectivity index (χ1v) is 8.64. The van der Waals surface area contributed by atoms with Gasteiger partial charge in [0.25, 0.3) is 0 Å². The number of pyridine rings is 1. The highest BCUT2D eigenvalue weighted by Gasteiger charge is 2.11. The molecular formula is C19H26IN5. The van der Waals surface area contributed by atoms with Crippen molar-refractivity contribution in [1.29, 1.82) is 0 Å². The Hall–Kier alpha value is -1.83. The lowest BCUT2D eigenvalue weighted by molar-refractivity contribution is 0.634. The van der Waals surface area contributed by atoms with Gasteiger partial charge in [0.05, 0.1) is 12.1 Å². The van der Waals surface area contributed by atoms with Crippen LogP contribution in [0.5, 0.6) is 0 Å². The molecule has 1 aliphatic rings. The van der Waals surface area contributed by atoms with E-state index in [9.17, 15) is 0 Å². The highest BCUT2D eigenvalue weighted by molar-refractivity contribution is 14.0. The molecular weight excluding hydrogens is 425 g/mol. The Morgan fingerprint density at radius 3 is 2.76 bits per heavy atom. The number of guanidine groups is 1. The zero-order chi connectivity index (χ0) is 16.6. The number of fused-ring (bicyclic) bond motifs is 1. The van der Waals surface area contributed by atoms with Crippen LogP contribution < -0.4 is 16.0 Å². The largest absolute Gasteiger partial charge is 0.368 e. The van der Waals surface area contributed by atoms with Crippen LogP contribution in [-0.2, 0) is 0 Å². The fourth-order valence-electron chi connectivity index (χ4n) is 2.76. The molecule has 0 saturated carbocycles. The SMILES string of the molecule is CCNC(=NCCNc1ccc2ccccc2n1)NC1CC=CC1.I. The summed E-state index contributed by atoms with van der Waals surface area (Å²) in [6.07, 6.45) is 6.58. The summed E-state index contributed by atoms with van der Waals surface area (Å²) in [5, 5.41) is 11.3. The molecule has 0 bridgehead atoms. The van der Waals surface area contributed by atoms with Crippen LogP contribution in [0.2, 0.25) is 0 Å². The summed E-state index contributed by atoms with van der Waals surface area (Å²) in [5.74, 6) is 1.78. The number of benzene rings is 1. The van der Waals surface area contributed by atoms with E-state index < -0.39 is 0 Å². The number of hydrogen-bond acceptors (Lipinski definition) is 3. The quantitative estimate of drug-likeness (QED) is 0.207. The zero-order valence-electron chi connectivity index (χ0n) is 14.5. The van der Waals surface area contributed by atoms with Crippen LogP contribution in [0.1, 0.15) is 19.8 Å². The summed E-state index contributed by atoms with van der Waals surface area (Å²) in [4.78, 5) is 9.24. The van der Waals surface area contributed by atoms with E-state index in [1.807, 2.05) is 24.3 Å². The van der Waals surface area contributed by atoms with Crippen molar-refractivity contribution in [2.24, 2.45) is 4.99 Å². The third-order valence-electron chi connectivity index (χ3n) is 3.98. The Morgan fingerprint density at radius 1 is 1.16 bits per heavy atom. The number of halogens is 1. The molecule has 2 aromatic rings. The van der Waals surface area contributed by atoms with Crippen LogP contribution in [0.4, 0.5) is 5.82 Å². The van der Waals surface area contributed by atoms with Crippen molar-refractivity contribution in [3.8, 4) is 0 Å². The standard InChI is InChI=1S/C19H25N5.HI/c1-2-20-19(23-16-8-4-5-9-16)22-14-13-21-18-12-11-15-7-3-6-10-17(15)24-18;/h3-7,10-12,16H,2,8-9,13-14H2,1H3,(H,21,24)(H2,20,22,23);1H. The molecule has 3 rings (SSSR count). The molecule has 25 heavy (non-hydrogen) atoms. The average Bonchev–Trinajstić information content (AvgIpc) is 3.12. The van der Waals surface area contributed by atoms with Gasteiger partial charge in [-0.05, 0) is 38.0 Å². The van der Waals surface area contributed by atoms with Crippen molar-refractivity contribution >= 4 is 46.7 Å². The molecule has 6 heteroatoms. The molecule has 3 N–H and O–H groups in total. The predicted molar refractivity (Wildman–Crippen MR) is 117 cm³/mol. The second-order valence-corrected chi connectivity index (χ2v) is 5.86. The van der Waals surface area contributed by atoms with Gasteiger partial charge >= 0.3 is 0 Å². The predicted octanol–water partition coefficient (Wildman–Crippen LogP) is 3.54. The van der Waals surface area contributed by atoms with E-state index in [-0.39, 0.29) is 24.0 Å². The summed E-state index contributed by atoms with van der Waals surface area (Å²) < 4.78 is 0. The van der Waals surface area contributed by atoms with Crippen LogP contribution >= 0.6 is 24.0 Å². The van der Waals surface area contributed by atoms with Gasteiger partial charge in [0.15, 0.2) is 5.96 Å². The number of aromatic nitrogens is 1. The Labute approximate surface area is 166 Å². The van der Waals surface area contributed by atoms with E-state index in [0.717, 1.165) is 48.6 Å². The minimum Gasteiger partial charge on any atom is -0.368 e. The van der Waals surface area contributed by atoms with Crippen molar-refractivity contribution in [3.05, 3.63) is 48.6 Å². The first-order valence-electron chi connectivity index (χ1n) is 8.64. The lowest BCUT2D eigenvalue weighted by Gasteiger charge is -2.16. The summed E-state index contributed by atoms with van der Waals surface area (Å²) in [7, 11) is 0. The Bertz CT molecular complexity index is 721. The number of para-hydroxylation sites is 1. The van der Waals surface area contributed by atoms with Crippen molar-refractivity contribution in [2.75, 3.05) is 25.0 Å². The van der Waals surface area contributed by atoms with E-state index >= 15 is 0 Å². The molecule has 1 heterocycles. The highest BCUT2D eigenvalue weighted by Crippen LogP contribution is 2.14. The number of nitrogens with one attached hydrogen (secondary N) is 3. The van der Waals surface area contributed by atoms with Gasteiger partial charge in [-0.2, -0.15) is 0 Å². The summed E-state index contributed by atoms with van der Waals surface area (Å²) in [6.45, 7) is 4.40. The molecule has 0 saturated heterocycles. The molecule has 0 radical (unpaired) electrons. The van der Waals surface area contributed by atoms with Crippen molar-refractivity contribution in [2.45, 2.75) is 25.8 Å². The lowest BCUT2D eigenvalue weighted by Crippen LogP contribution is -2.42. The molecule has 0 unspecified atom stereocenters. The van der Waals surface area contributed by atoms with Crippen LogP contribution in [0, 0.1) is 0 Å². The van der Waals surface area contributed by atoms with Crippen molar-refractivity contribution < 1.29 is 0 Å². The number of rotatable bonds is 6. The lowest BCUT2D eigenvalue weighted by atomic mass is 10.2. The topological polar surface area (TPSA) is 61.3 Å². The van der Waals surface area contributed by atoms with E-state index in [1.165, 1.54) is 0 Å². The second kappa shape index (κ2) is 10.2. The number of anilines is 1. The van der Waals surface area contributed by atoms with Crippen molar-refractivity contribution in [1.82, 2.24) is 15.6 Å². The van der Waals surface area contributed by atoms with Crippen LogP contribution in [-0.4, -0.2) is 36.6 Å². The molecule has 0 atom stereocenters. The molecule has 0 aliphatic heterocycles. The van der Waals surface area contributed by atoms with E-state index in [2.05, 4.69) is 57.1 Å². The first-order chi connectivity index (χ1) is 11.8. The second-order valence-electron chi connectivity index (χ2n) is 5.86. The van der Waals surface area contributed by atoms with E-state index in [1.54, 1.807) is 0 Å². The van der Waals surface area contributed by atoms with Gasteiger partial charge < -0.3 is 16.0 Å². The third kappa shape index (κ3) is 5.88. The van der Waals surface area contributed by atoms with Crippen LogP contribution in [0.3, 0.4) is 0 Å². The van der Waals surface area contributed by atoms with Crippen molar-refractivity contribution in [3.63, 3.8) is 0 Å². The maximum Gasteiger partial charge on any atom is 0.191 e. The van der Waals surface area contributed by atoms with Gasteiger partial charge in [0.1, 0.15) is 5.82 Å². The van der Waals surface area contributed by atoms with E-state index in [0.29, 0.717) is 12.6 Å². The number of aliphatic imine (C=N–C) groups is 1.